The number of halogens is 1. The Balaban J connectivity index is 1.84. The highest BCUT2D eigenvalue weighted by Crippen LogP contribution is 2.41. The fraction of sp³-hybridized carbons (Fsp3) is 1.00. The average molecular weight is 351 g/mol. The van der Waals surface area contributed by atoms with Crippen LogP contribution in [-0.2, 0) is 10.2 Å². The normalized spacial score (nSPS) is 41.6. The summed E-state index contributed by atoms with van der Waals surface area (Å²) >= 11 is 3.68. The molecule has 0 N–H and O–H groups in total. The standard InChI is InChI=1S/C13H23BrN2O2S/c1-10-4-2-3-7-15(10)19(17,18)16-12-5-6-13(16)9-11(14)8-12/h10-13H,2-9H2,1H3. The molecule has 3 aliphatic heterocycles. The van der Waals surface area contributed by atoms with Crippen LogP contribution in [0.4, 0.5) is 0 Å². The summed E-state index contributed by atoms with van der Waals surface area (Å²) in [6.45, 7) is 2.76. The SMILES string of the molecule is CC1CCCCN1S(=O)(=O)N1C2CCC1CC(Br)C2. The maximum Gasteiger partial charge on any atom is 0.282 e. The summed E-state index contributed by atoms with van der Waals surface area (Å²) in [5.41, 5.74) is 0. The van der Waals surface area contributed by atoms with Crippen LogP contribution in [0.2, 0.25) is 0 Å². The van der Waals surface area contributed by atoms with Gasteiger partial charge < -0.3 is 0 Å². The van der Waals surface area contributed by atoms with Gasteiger partial charge >= 0.3 is 0 Å². The zero-order valence-corrected chi connectivity index (χ0v) is 13.9. The first-order chi connectivity index (χ1) is 9.00. The Labute approximate surface area is 124 Å². The topological polar surface area (TPSA) is 40.6 Å². The van der Waals surface area contributed by atoms with Crippen LogP contribution >= 0.6 is 15.9 Å². The smallest absolute Gasteiger partial charge is 0.195 e. The van der Waals surface area contributed by atoms with Crippen LogP contribution in [0.1, 0.15) is 51.9 Å². The first-order valence-corrected chi connectivity index (χ1v) is 9.76. The number of nitrogens with zero attached hydrogens (tertiary/aromatic N) is 2. The molecule has 2 bridgehead atoms. The molecule has 3 fully saturated rings. The molecule has 6 heteroatoms. The van der Waals surface area contributed by atoms with Crippen LogP contribution in [-0.4, -0.2) is 46.5 Å². The molecule has 3 heterocycles. The van der Waals surface area contributed by atoms with E-state index in [1.54, 1.807) is 4.31 Å². The molecule has 0 amide bonds. The lowest BCUT2D eigenvalue weighted by atomic mass is 10.1. The molecule has 0 radical (unpaired) electrons. The minimum atomic E-state index is -3.25. The molecule has 3 saturated heterocycles. The van der Waals surface area contributed by atoms with Gasteiger partial charge in [-0.3, -0.25) is 0 Å². The zero-order chi connectivity index (χ0) is 13.6. The van der Waals surface area contributed by atoms with Crippen molar-refractivity contribution in [3.63, 3.8) is 0 Å². The van der Waals surface area contributed by atoms with E-state index < -0.39 is 10.2 Å². The van der Waals surface area contributed by atoms with Gasteiger partial charge in [0, 0.05) is 29.5 Å². The van der Waals surface area contributed by atoms with E-state index in [0.29, 0.717) is 11.4 Å². The third-order valence-corrected chi connectivity index (χ3v) is 7.93. The first-order valence-electron chi connectivity index (χ1n) is 7.44. The molecule has 3 atom stereocenters. The van der Waals surface area contributed by atoms with E-state index in [2.05, 4.69) is 22.9 Å². The number of piperidine rings is 2. The largest absolute Gasteiger partial charge is 0.282 e. The zero-order valence-electron chi connectivity index (χ0n) is 11.5. The lowest BCUT2D eigenvalue weighted by Gasteiger charge is -2.42. The van der Waals surface area contributed by atoms with Gasteiger partial charge in [0.15, 0.2) is 0 Å². The second kappa shape index (κ2) is 5.28. The molecule has 110 valence electrons. The molecule has 0 aromatic rings. The Morgan fingerprint density at radius 3 is 2.26 bits per heavy atom. The number of fused-ring (bicyclic) bond motifs is 2. The minimum absolute atomic E-state index is 0.167. The molecular formula is C13H23BrN2O2S. The summed E-state index contributed by atoms with van der Waals surface area (Å²) < 4.78 is 29.5. The Bertz CT molecular complexity index is 428. The van der Waals surface area contributed by atoms with Gasteiger partial charge in [0.25, 0.3) is 10.2 Å². The van der Waals surface area contributed by atoms with Gasteiger partial charge in [-0.05, 0) is 45.4 Å². The van der Waals surface area contributed by atoms with Crippen molar-refractivity contribution in [3.05, 3.63) is 0 Å². The van der Waals surface area contributed by atoms with Crippen LogP contribution in [0.3, 0.4) is 0 Å². The van der Waals surface area contributed by atoms with Gasteiger partial charge in [-0.25, -0.2) is 0 Å². The van der Waals surface area contributed by atoms with Gasteiger partial charge in [-0.2, -0.15) is 17.0 Å². The molecule has 0 saturated carbocycles. The van der Waals surface area contributed by atoms with Gasteiger partial charge in [0.05, 0.1) is 0 Å². The maximum atomic E-state index is 13.0. The summed E-state index contributed by atoms with van der Waals surface area (Å²) in [4.78, 5) is 0.496. The number of hydrogen-bond donors (Lipinski definition) is 0. The van der Waals surface area contributed by atoms with Crippen molar-refractivity contribution in [2.45, 2.75) is 74.8 Å². The van der Waals surface area contributed by atoms with Crippen molar-refractivity contribution in [3.8, 4) is 0 Å². The van der Waals surface area contributed by atoms with E-state index in [4.69, 9.17) is 0 Å². The molecule has 3 unspecified atom stereocenters. The van der Waals surface area contributed by atoms with E-state index in [-0.39, 0.29) is 18.1 Å². The Morgan fingerprint density at radius 2 is 1.68 bits per heavy atom. The summed E-state index contributed by atoms with van der Waals surface area (Å²) in [6.07, 6.45) is 7.18. The lowest BCUT2D eigenvalue weighted by molar-refractivity contribution is 0.202. The Kier molecular flexibility index (Phi) is 3.97. The lowest BCUT2D eigenvalue weighted by Crippen LogP contribution is -2.55. The van der Waals surface area contributed by atoms with Gasteiger partial charge in [-0.1, -0.05) is 22.4 Å². The van der Waals surface area contributed by atoms with Crippen LogP contribution in [0.25, 0.3) is 0 Å². The Morgan fingerprint density at radius 1 is 1.05 bits per heavy atom. The minimum Gasteiger partial charge on any atom is -0.195 e. The van der Waals surface area contributed by atoms with Crippen molar-refractivity contribution >= 4 is 26.1 Å². The summed E-state index contributed by atoms with van der Waals surface area (Å²) in [5.74, 6) is 0. The van der Waals surface area contributed by atoms with E-state index >= 15 is 0 Å². The quantitative estimate of drug-likeness (QED) is 0.718. The summed E-state index contributed by atoms with van der Waals surface area (Å²) in [6, 6.07) is 0.615. The molecule has 0 aliphatic carbocycles. The summed E-state index contributed by atoms with van der Waals surface area (Å²) in [5, 5.41) is 0. The highest BCUT2D eigenvalue weighted by molar-refractivity contribution is 9.09. The van der Waals surface area contributed by atoms with Crippen molar-refractivity contribution in [1.29, 1.82) is 0 Å². The van der Waals surface area contributed by atoms with E-state index in [9.17, 15) is 8.42 Å². The van der Waals surface area contributed by atoms with Gasteiger partial charge in [-0.15, -0.1) is 0 Å². The molecule has 0 aromatic heterocycles. The maximum absolute atomic E-state index is 13.0. The van der Waals surface area contributed by atoms with Crippen molar-refractivity contribution in [2.75, 3.05) is 6.54 Å². The van der Waals surface area contributed by atoms with E-state index in [1.165, 1.54) is 0 Å². The van der Waals surface area contributed by atoms with Crippen LogP contribution < -0.4 is 0 Å². The number of hydrogen-bond acceptors (Lipinski definition) is 2. The average Bonchev–Trinajstić information content (AvgIpc) is 2.63. The fourth-order valence-electron chi connectivity index (χ4n) is 3.98. The third kappa shape index (κ3) is 2.49. The highest BCUT2D eigenvalue weighted by Gasteiger charge is 2.49. The number of rotatable bonds is 2. The molecule has 0 spiro atoms. The van der Waals surface area contributed by atoms with Crippen LogP contribution in [0.15, 0.2) is 0 Å². The molecule has 3 rings (SSSR count). The van der Waals surface area contributed by atoms with Crippen molar-refractivity contribution < 1.29 is 8.42 Å². The highest BCUT2D eigenvalue weighted by atomic mass is 79.9. The molecule has 4 nitrogen and oxygen atoms in total. The summed E-state index contributed by atoms with van der Waals surface area (Å²) in [7, 11) is -3.25. The number of alkyl halides is 1. The van der Waals surface area contributed by atoms with E-state index in [1.807, 2.05) is 4.31 Å². The van der Waals surface area contributed by atoms with Gasteiger partial charge in [0.2, 0.25) is 0 Å². The molecule has 19 heavy (non-hydrogen) atoms. The first kappa shape index (κ1) is 14.3. The third-order valence-electron chi connectivity index (χ3n) is 4.91. The Hall–Kier alpha value is 0.350. The van der Waals surface area contributed by atoms with Crippen molar-refractivity contribution in [1.82, 2.24) is 8.61 Å². The fourth-order valence-corrected chi connectivity index (χ4v) is 7.14. The second-order valence-corrected chi connectivity index (χ2v) is 9.33. The van der Waals surface area contributed by atoms with Crippen LogP contribution in [0, 0.1) is 0 Å². The second-order valence-electron chi connectivity index (χ2n) is 6.25. The monoisotopic (exact) mass is 350 g/mol. The predicted octanol–water partition coefficient (Wildman–Crippen LogP) is 2.50. The molecular weight excluding hydrogens is 328 g/mol. The van der Waals surface area contributed by atoms with Crippen molar-refractivity contribution in [2.24, 2.45) is 0 Å². The molecule has 3 aliphatic rings. The van der Waals surface area contributed by atoms with Crippen LogP contribution in [0.5, 0.6) is 0 Å². The molecule has 0 aromatic carbocycles. The van der Waals surface area contributed by atoms with Gasteiger partial charge in [0.1, 0.15) is 0 Å². The predicted molar refractivity (Wildman–Crippen MR) is 79.5 cm³/mol. The van der Waals surface area contributed by atoms with E-state index in [0.717, 1.165) is 44.9 Å².